The lowest BCUT2D eigenvalue weighted by atomic mass is 10.1. The van der Waals surface area contributed by atoms with Gasteiger partial charge in [0.2, 0.25) is 5.95 Å². The molecule has 1 aromatic carbocycles. The van der Waals surface area contributed by atoms with E-state index >= 15 is 0 Å². The van der Waals surface area contributed by atoms with Crippen LogP contribution in [0.25, 0.3) is 5.69 Å². The molecule has 8 heteroatoms. The molecule has 0 spiro atoms. The zero-order chi connectivity index (χ0) is 17.9. The molecule has 0 aliphatic carbocycles. The molecule has 1 saturated heterocycles. The number of nitrogens with one attached hydrogen (secondary N) is 1. The molecular weight excluding hydrogens is 328 g/mol. The minimum Gasteiger partial charge on any atom is -0.356 e. The second-order valence-electron chi connectivity index (χ2n) is 6.57. The Balaban J connectivity index is 1.41. The fourth-order valence-electron chi connectivity index (χ4n) is 3.32. The van der Waals surface area contributed by atoms with Gasteiger partial charge in [-0.2, -0.15) is 4.68 Å². The van der Waals surface area contributed by atoms with E-state index in [-0.39, 0.29) is 0 Å². The van der Waals surface area contributed by atoms with Crippen LogP contribution < -0.4 is 10.2 Å². The third-order valence-electron chi connectivity index (χ3n) is 4.57. The minimum atomic E-state index is 0.337. The van der Waals surface area contributed by atoms with Crippen LogP contribution in [0.4, 0.5) is 11.8 Å². The summed E-state index contributed by atoms with van der Waals surface area (Å²) in [6.07, 6.45) is 2.01. The maximum atomic E-state index is 4.57. The average molecular weight is 350 g/mol. The molecule has 1 aliphatic rings. The third-order valence-corrected chi connectivity index (χ3v) is 4.57. The first kappa shape index (κ1) is 16.4. The van der Waals surface area contributed by atoms with Crippen molar-refractivity contribution >= 4 is 11.8 Å². The number of rotatable bonds is 4. The van der Waals surface area contributed by atoms with Gasteiger partial charge in [0.1, 0.15) is 11.6 Å². The van der Waals surface area contributed by atoms with E-state index in [0.29, 0.717) is 12.0 Å². The molecule has 0 atom stereocenters. The van der Waals surface area contributed by atoms with E-state index < -0.39 is 0 Å². The highest BCUT2D eigenvalue weighted by atomic mass is 15.6. The SMILES string of the molecule is Cc1cc(N2CCC(Nc3nnnn3-c3ccccc3)CC2)nc(C)n1. The number of para-hydroxylation sites is 1. The topological polar surface area (TPSA) is 84.6 Å². The number of hydrogen-bond donors (Lipinski definition) is 1. The third kappa shape index (κ3) is 3.49. The van der Waals surface area contributed by atoms with Gasteiger partial charge in [0.15, 0.2) is 0 Å². The normalized spacial score (nSPS) is 15.2. The van der Waals surface area contributed by atoms with Crippen LogP contribution in [0.5, 0.6) is 0 Å². The van der Waals surface area contributed by atoms with Gasteiger partial charge in [-0.05, 0) is 49.2 Å². The molecule has 8 nitrogen and oxygen atoms in total. The number of hydrogen-bond acceptors (Lipinski definition) is 7. The highest BCUT2D eigenvalue weighted by Gasteiger charge is 2.22. The zero-order valence-electron chi connectivity index (χ0n) is 15.0. The molecule has 0 unspecified atom stereocenters. The van der Waals surface area contributed by atoms with E-state index in [9.17, 15) is 0 Å². The Bertz CT molecular complexity index is 848. The molecule has 0 saturated carbocycles. The summed E-state index contributed by atoms with van der Waals surface area (Å²) in [6.45, 7) is 5.84. The Morgan fingerprint density at radius 2 is 1.81 bits per heavy atom. The summed E-state index contributed by atoms with van der Waals surface area (Å²) < 4.78 is 1.74. The van der Waals surface area contributed by atoms with Gasteiger partial charge in [0.25, 0.3) is 0 Å². The Morgan fingerprint density at radius 3 is 2.54 bits per heavy atom. The summed E-state index contributed by atoms with van der Waals surface area (Å²) in [5.41, 5.74) is 1.96. The number of aromatic nitrogens is 6. The van der Waals surface area contributed by atoms with Crippen LogP contribution in [-0.2, 0) is 0 Å². The van der Waals surface area contributed by atoms with E-state index in [4.69, 9.17) is 0 Å². The Labute approximate surface area is 152 Å². The molecular formula is C18H22N8. The van der Waals surface area contributed by atoms with E-state index in [1.807, 2.05) is 44.2 Å². The summed E-state index contributed by atoms with van der Waals surface area (Å²) in [5, 5.41) is 15.6. The lowest BCUT2D eigenvalue weighted by Crippen LogP contribution is -2.40. The largest absolute Gasteiger partial charge is 0.356 e. The van der Waals surface area contributed by atoms with Crippen molar-refractivity contribution in [3.05, 3.63) is 47.9 Å². The van der Waals surface area contributed by atoms with Gasteiger partial charge < -0.3 is 10.2 Å². The fourth-order valence-corrected chi connectivity index (χ4v) is 3.32. The van der Waals surface area contributed by atoms with Crippen molar-refractivity contribution in [1.29, 1.82) is 0 Å². The molecule has 1 aliphatic heterocycles. The first-order valence-electron chi connectivity index (χ1n) is 8.86. The van der Waals surface area contributed by atoms with E-state index in [1.54, 1.807) is 4.68 Å². The Kier molecular flexibility index (Phi) is 4.47. The molecule has 0 bridgehead atoms. The van der Waals surface area contributed by atoms with Crippen LogP contribution in [0.1, 0.15) is 24.4 Å². The molecule has 134 valence electrons. The van der Waals surface area contributed by atoms with Crippen molar-refractivity contribution < 1.29 is 0 Å². The summed E-state index contributed by atoms with van der Waals surface area (Å²) in [4.78, 5) is 11.2. The predicted molar refractivity (Wildman–Crippen MR) is 99.5 cm³/mol. The molecule has 2 aromatic heterocycles. The Hall–Kier alpha value is -3.03. The number of anilines is 2. The molecule has 1 N–H and O–H groups in total. The number of benzene rings is 1. The van der Waals surface area contributed by atoms with E-state index in [1.165, 1.54) is 0 Å². The molecule has 0 radical (unpaired) electrons. The maximum absolute atomic E-state index is 4.57. The monoisotopic (exact) mass is 350 g/mol. The van der Waals surface area contributed by atoms with Crippen molar-refractivity contribution in [1.82, 2.24) is 30.2 Å². The molecule has 0 amide bonds. The standard InChI is InChI=1S/C18H22N8/c1-13-12-17(20-14(2)19-13)25-10-8-15(9-11-25)21-18-22-23-24-26(18)16-6-4-3-5-7-16/h3-7,12,15H,8-11H2,1-2H3,(H,21,22,24). The summed E-state index contributed by atoms with van der Waals surface area (Å²) >= 11 is 0. The van der Waals surface area contributed by atoms with Crippen molar-refractivity contribution in [3.63, 3.8) is 0 Å². The van der Waals surface area contributed by atoms with Gasteiger partial charge in [0, 0.05) is 30.9 Å². The van der Waals surface area contributed by atoms with Crippen molar-refractivity contribution in [2.75, 3.05) is 23.3 Å². The van der Waals surface area contributed by atoms with Crippen molar-refractivity contribution in [2.45, 2.75) is 32.7 Å². The van der Waals surface area contributed by atoms with E-state index in [0.717, 1.165) is 49.0 Å². The molecule has 4 rings (SSSR count). The summed E-state index contributed by atoms with van der Waals surface area (Å²) in [5.74, 6) is 2.52. The van der Waals surface area contributed by atoms with Gasteiger partial charge in [0.05, 0.1) is 5.69 Å². The lowest BCUT2D eigenvalue weighted by molar-refractivity contribution is 0.519. The molecule has 3 heterocycles. The fraction of sp³-hybridized carbons (Fsp3) is 0.389. The first-order valence-corrected chi connectivity index (χ1v) is 8.86. The van der Waals surface area contributed by atoms with Gasteiger partial charge in [-0.3, -0.25) is 0 Å². The van der Waals surface area contributed by atoms with Crippen LogP contribution in [-0.4, -0.2) is 49.3 Å². The average Bonchev–Trinajstić information content (AvgIpc) is 3.10. The summed E-state index contributed by atoms with van der Waals surface area (Å²) in [7, 11) is 0. The van der Waals surface area contributed by atoms with Crippen LogP contribution in [0.3, 0.4) is 0 Å². The number of nitrogens with zero attached hydrogens (tertiary/aromatic N) is 7. The predicted octanol–water partition coefficient (Wildman–Crippen LogP) is 2.15. The van der Waals surface area contributed by atoms with Crippen LogP contribution >= 0.6 is 0 Å². The second-order valence-corrected chi connectivity index (χ2v) is 6.57. The van der Waals surface area contributed by atoms with Crippen LogP contribution in [0.2, 0.25) is 0 Å². The lowest BCUT2D eigenvalue weighted by Gasteiger charge is -2.33. The maximum Gasteiger partial charge on any atom is 0.247 e. The Morgan fingerprint density at radius 1 is 1.04 bits per heavy atom. The zero-order valence-corrected chi connectivity index (χ0v) is 15.0. The number of tetrazole rings is 1. The molecule has 1 fully saturated rings. The molecule has 26 heavy (non-hydrogen) atoms. The first-order chi connectivity index (χ1) is 12.7. The van der Waals surface area contributed by atoms with Gasteiger partial charge in [-0.25, -0.2) is 9.97 Å². The minimum absolute atomic E-state index is 0.337. The smallest absolute Gasteiger partial charge is 0.247 e. The number of piperidine rings is 1. The number of aryl methyl sites for hydroxylation is 2. The van der Waals surface area contributed by atoms with Crippen molar-refractivity contribution in [3.8, 4) is 5.69 Å². The molecule has 3 aromatic rings. The van der Waals surface area contributed by atoms with Crippen LogP contribution in [0.15, 0.2) is 36.4 Å². The van der Waals surface area contributed by atoms with Crippen molar-refractivity contribution in [2.24, 2.45) is 0 Å². The quantitative estimate of drug-likeness (QED) is 0.772. The summed E-state index contributed by atoms with van der Waals surface area (Å²) in [6, 6.07) is 12.3. The van der Waals surface area contributed by atoms with Gasteiger partial charge in [-0.15, -0.1) is 0 Å². The highest BCUT2D eigenvalue weighted by Crippen LogP contribution is 2.21. The van der Waals surface area contributed by atoms with Crippen LogP contribution in [0, 0.1) is 13.8 Å². The second kappa shape index (κ2) is 7.07. The highest BCUT2D eigenvalue weighted by molar-refractivity contribution is 5.42. The van der Waals surface area contributed by atoms with E-state index in [2.05, 4.69) is 41.8 Å². The van der Waals surface area contributed by atoms with Gasteiger partial charge >= 0.3 is 0 Å². The van der Waals surface area contributed by atoms with Gasteiger partial charge in [-0.1, -0.05) is 23.3 Å².